The number of fused-ring (bicyclic) bond motifs is 1. The lowest BCUT2D eigenvalue weighted by molar-refractivity contribution is 0.0604. The Morgan fingerprint density at radius 3 is 2.93 bits per heavy atom. The number of esters is 1. The summed E-state index contributed by atoms with van der Waals surface area (Å²) in [6, 6.07) is 5.14. The Morgan fingerprint density at radius 1 is 1.53 bits per heavy atom. The van der Waals surface area contributed by atoms with E-state index in [0.29, 0.717) is 21.8 Å². The van der Waals surface area contributed by atoms with Crippen LogP contribution in [0.3, 0.4) is 0 Å². The maximum Gasteiger partial charge on any atom is 0.342 e. The van der Waals surface area contributed by atoms with Gasteiger partial charge in [0, 0.05) is 15.9 Å². The second-order valence-electron chi connectivity index (χ2n) is 3.10. The SMILES string of the molecule is COC(=O)c1c(N)[nH]c2cc(Cl)ccc12. The lowest BCUT2D eigenvalue weighted by Gasteiger charge is -1.97. The minimum Gasteiger partial charge on any atom is -0.465 e. The molecule has 0 aliphatic heterocycles. The molecule has 0 saturated heterocycles. The molecule has 0 spiro atoms. The highest BCUT2D eigenvalue weighted by atomic mass is 35.5. The lowest BCUT2D eigenvalue weighted by atomic mass is 10.1. The van der Waals surface area contributed by atoms with Crippen LogP contribution in [0, 0.1) is 0 Å². The second-order valence-corrected chi connectivity index (χ2v) is 3.53. The summed E-state index contributed by atoms with van der Waals surface area (Å²) >= 11 is 5.82. The molecule has 4 nitrogen and oxygen atoms in total. The number of ether oxygens (including phenoxy) is 1. The van der Waals surface area contributed by atoms with Crippen LogP contribution in [0.1, 0.15) is 10.4 Å². The maximum absolute atomic E-state index is 11.4. The van der Waals surface area contributed by atoms with Crippen molar-refractivity contribution in [1.82, 2.24) is 4.98 Å². The molecule has 1 heterocycles. The molecule has 3 N–H and O–H groups in total. The highest BCUT2D eigenvalue weighted by Gasteiger charge is 2.16. The molecule has 2 rings (SSSR count). The number of nitrogens with two attached hydrogens (primary N) is 1. The maximum atomic E-state index is 11.4. The van der Waals surface area contributed by atoms with Gasteiger partial charge in [-0.25, -0.2) is 4.79 Å². The number of aromatic amines is 1. The van der Waals surface area contributed by atoms with Crippen LogP contribution in [-0.4, -0.2) is 18.1 Å². The normalized spacial score (nSPS) is 10.5. The fourth-order valence-corrected chi connectivity index (χ4v) is 1.68. The number of H-pyrrole nitrogens is 1. The van der Waals surface area contributed by atoms with Crippen molar-refractivity contribution in [2.24, 2.45) is 0 Å². The van der Waals surface area contributed by atoms with Crippen LogP contribution in [0.4, 0.5) is 5.82 Å². The summed E-state index contributed by atoms with van der Waals surface area (Å²) in [5, 5.41) is 1.30. The fraction of sp³-hybridized carbons (Fsp3) is 0.100. The Labute approximate surface area is 91.0 Å². The minimum absolute atomic E-state index is 0.291. The number of carbonyl (C=O) groups is 1. The summed E-state index contributed by atoms with van der Waals surface area (Å²) in [6.07, 6.45) is 0. The summed E-state index contributed by atoms with van der Waals surface area (Å²) in [5.41, 5.74) is 6.75. The topological polar surface area (TPSA) is 68.1 Å². The van der Waals surface area contributed by atoms with Crippen molar-refractivity contribution in [2.45, 2.75) is 0 Å². The first-order chi connectivity index (χ1) is 7.13. The number of rotatable bonds is 1. The van der Waals surface area contributed by atoms with Gasteiger partial charge >= 0.3 is 5.97 Å². The van der Waals surface area contributed by atoms with E-state index < -0.39 is 5.97 Å². The number of anilines is 1. The van der Waals surface area contributed by atoms with Crippen molar-refractivity contribution >= 4 is 34.3 Å². The molecule has 0 fully saturated rings. The van der Waals surface area contributed by atoms with Gasteiger partial charge in [-0.15, -0.1) is 0 Å². The Kier molecular flexibility index (Phi) is 2.28. The number of halogens is 1. The third-order valence-corrected chi connectivity index (χ3v) is 2.41. The zero-order valence-corrected chi connectivity index (χ0v) is 8.76. The van der Waals surface area contributed by atoms with Crippen LogP contribution in [0.25, 0.3) is 10.9 Å². The van der Waals surface area contributed by atoms with E-state index in [1.54, 1.807) is 18.2 Å². The molecule has 1 aromatic carbocycles. The van der Waals surface area contributed by atoms with Crippen molar-refractivity contribution in [3.63, 3.8) is 0 Å². The smallest absolute Gasteiger partial charge is 0.342 e. The summed E-state index contributed by atoms with van der Waals surface area (Å²) in [7, 11) is 1.32. The molecule has 0 aliphatic carbocycles. The molecule has 0 radical (unpaired) electrons. The van der Waals surface area contributed by atoms with Gasteiger partial charge in [0.15, 0.2) is 0 Å². The van der Waals surface area contributed by atoms with Gasteiger partial charge in [-0.05, 0) is 12.1 Å². The van der Waals surface area contributed by atoms with Crippen molar-refractivity contribution in [2.75, 3.05) is 12.8 Å². The third-order valence-electron chi connectivity index (χ3n) is 2.18. The predicted molar refractivity (Wildman–Crippen MR) is 59.1 cm³/mol. The summed E-state index contributed by atoms with van der Waals surface area (Å²) in [5.74, 6) is -0.166. The van der Waals surface area contributed by atoms with Crippen molar-refractivity contribution in [3.05, 3.63) is 28.8 Å². The number of carbonyl (C=O) groups excluding carboxylic acids is 1. The molecular weight excluding hydrogens is 216 g/mol. The van der Waals surface area contributed by atoms with Crippen LogP contribution < -0.4 is 5.73 Å². The first-order valence-corrected chi connectivity index (χ1v) is 4.66. The Bertz CT molecular complexity index is 533. The molecule has 0 amide bonds. The molecule has 15 heavy (non-hydrogen) atoms. The van der Waals surface area contributed by atoms with Gasteiger partial charge in [0.1, 0.15) is 11.4 Å². The van der Waals surface area contributed by atoms with E-state index in [1.165, 1.54) is 7.11 Å². The number of hydrogen-bond donors (Lipinski definition) is 2. The van der Waals surface area contributed by atoms with Gasteiger partial charge in [0.05, 0.1) is 7.11 Å². The average molecular weight is 225 g/mol. The molecule has 78 valence electrons. The van der Waals surface area contributed by atoms with Crippen LogP contribution in [0.15, 0.2) is 18.2 Å². The predicted octanol–water partition coefficient (Wildman–Crippen LogP) is 2.19. The van der Waals surface area contributed by atoms with E-state index in [9.17, 15) is 4.79 Å². The molecule has 2 aromatic rings. The first-order valence-electron chi connectivity index (χ1n) is 4.28. The van der Waals surface area contributed by atoms with Crippen LogP contribution in [-0.2, 0) is 4.74 Å². The molecule has 1 aromatic heterocycles. The van der Waals surface area contributed by atoms with Crippen molar-refractivity contribution < 1.29 is 9.53 Å². The number of hydrogen-bond acceptors (Lipinski definition) is 3. The molecule has 0 unspecified atom stereocenters. The Morgan fingerprint density at radius 2 is 2.27 bits per heavy atom. The van der Waals surface area contributed by atoms with Gasteiger partial charge in [-0.1, -0.05) is 17.7 Å². The van der Waals surface area contributed by atoms with E-state index in [-0.39, 0.29) is 0 Å². The second kappa shape index (κ2) is 3.47. The number of nitrogens with one attached hydrogen (secondary N) is 1. The van der Waals surface area contributed by atoms with E-state index in [4.69, 9.17) is 17.3 Å². The van der Waals surface area contributed by atoms with Crippen LogP contribution in [0.5, 0.6) is 0 Å². The molecule has 0 atom stereocenters. The van der Waals surface area contributed by atoms with Gasteiger partial charge in [-0.2, -0.15) is 0 Å². The summed E-state index contributed by atoms with van der Waals surface area (Å²) in [6.45, 7) is 0. The number of aromatic nitrogens is 1. The number of methoxy groups -OCH3 is 1. The van der Waals surface area contributed by atoms with Gasteiger partial charge in [0.25, 0.3) is 0 Å². The lowest BCUT2D eigenvalue weighted by Crippen LogP contribution is -2.03. The first kappa shape index (κ1) is 9.86. The molecule has 5 heteroatoms. The van der Waals surface area contributed by atoms with Crippen molar-refractivity contribution in [1.29, 1.82) is 0 Å². The zero-order valence-electron chi connectivity index (χ0n) is 8.00. The van der Waals surface area contributed by atoms with E-state index in [1.807, 2.05) is 0 Å². The molecule has 0 aliphatic rings. The minimum atomic E-state index is -0.457. The van der Waals surface area contributed by atoms with Crippen molar-refractivity contribution in [3.8, 4) is 0 Å². The zero-order chi connectivity index (χ0) is 11.0. The number of benzene rings is 1. The van der Waals surface area contributed by atoms with E-state index in [2.05, 4.69) is 9.72 Å². The largest absolute Gasteiger partial charge is 0.465 e. The van der Waals surface area contributed by atoms with E-state index in [0.717, 1.165) is 5.52 Å². The summed E-state index contributed by atoms with van der Waals surface area (Å²) < 4.78 is 4.64. The Balaban J connectivity index is 2.73. The molecular formula is C10H9ClN2O2. The van der Waals surface area contributed by atoms with Gasteiger partial charge in [0.2, 0.25) is 0 Å². The van der Waals surface area contributed by atoms with Crippen LogP contribution in [0.2, 0.25) is 5.02 Å². The quantitative estimate of drug-likeness (QED) is 0.730. The molecule has 0 saturated carbocycles. The number of nitrogen functional groups attached to an aromatic ring is 1. The molecule has 0 bridgehead atoms. The average Bonchev–Trinajstić information content (AvgIpc) is 2.52. The van der Waals surface area contributed by atoms with Gasteiger partial charge in [-0.3, -0.25) is 0 Å². The van der Waals surface area contributed by atoms with Gasteiger partial charge < -0.3 is 15.5 Å². The summed E-state index contributed by atoms with van der Waals surface area (Å²) in [4.78, 5) is 14.3. The van der Waals surface area contributed by atoms with Crippen LogP contribution >= 0.6 is 11.6 Å². The standard InChI is InChI=1S/C10H9ClN2O2/c1-15-10(14)8-6-3-2-5(11)4-7(6)13-9(8)12/h2-4,13H,12H2,1H3. The highest BCUT2D eigenvalue weighted by Crippen LogP contribution is 2.27. The fourth-order valence-electron chi connectivity index (χ4n) is 1.51. The highest BCUT2D eigenvalue weighted by molar-refractivity contribution is 6.31. The monoisotopic (exact) mass is 224 g/mol. The van der Waals surface area contributed by atoms with E-state index >= 15 is 0 Å². The third kappa shape index (κ3) is 1.53. The Hall–Kier alpha value is -1.68.